The molecule has 0 heterocycles. The molecule has 1 rings (SSSR count). The Hall–Kier alpha value is -0.400. The van der Waals surface area contributed by atoms with Gasteiger partial charge in [0.1, 0.15) is 0 Å². The van der Waals surface area contributed by atoms with Crippen LogP contribution >= 0.6 is 34.8 Å². The Balaban J connectivity index is 2.69. The number of benzene rings is 1. The van der Waals surface area contributed by atoms with Crippen LogP contribution < -0.4 is 11.2 Å². The zero-order chi connectivity index (χ0) is 9.84. The molecule has 0 amide bonds. The number of nitrogens with two attached hydrogens (primary N) is 1. The predicted molar refractivity (Wildman–Crippen MR) is 67.3 cm³/mol. The van der Waals surface area contributed by atoms with Crippen LogP contribution in [0.15, 0.2) is 24.3 Å². The van der Waals surface area contributed by atoms with Crippen LogP contribution in [-0.2, 0) is 0 Å². The maximum Gasteiger partial charge on any atom is 0.187 e. The van der Waals surface area contributed by atoms with E-state index < -0.39 is 0 Å². The van der Waals surface area contributed by atoms with Crippen LogP contribution in [0, 0.1) is 3.57 Å². The van der Waals surface area contributed by atoms with Gasteiger partial charge in [0, 0.05) is 16.3 Å². The third kappa shape index (κ3) is 3.45. The van der Waals surface area contributed by atoms with E-state index in [0.717, 1.165) is 9.26 Å². The molecule has 0 atom stereocenters. The van der Waals surface area contributed by atoms with Gasteiger partial charge in [-0.05, 0) is 53.0 Å². The average Bonchev–Trinajstić information content (AvgIpc) is 2.04. The molecule has 0 aliphatic heterocycles. The summed E-state index contributed by atoms with van der Waals surface area (Å²) in [5.41, 5.74) is 0.953. The van der Waals surface area contributed by atoms with Crippen LogP contribution in [0.5, 0.6) is 0 Å². The molecular formula is C8H10IN3S. The molecule has 0 aliphatic carbocycles. The molecule has 0 unspecified atom stereocenters. The second-order valence-electron chi connectivity index (χ2n) is 2.55. The lowest BCUT2D eigenvalue weighted by atomic mass is 10.3. The van der Waals surface area contributed by atoms with Crippen molar-refractivity contribution < 1.29 is 0 Å². The van der Waals surface area contributed by atoms with Crippen molar-refractivity contribution in [2.45, 2.75) is 0 Å². The number of hydrogen-bond acceptors (Lipinski definition) is 2. The zero-order valence-corrected chi connectivity index (χ0v) is 10.1. The Kier molecular flexibility index (Phi) is 3.89. The van der Waals surface area contributed by atoms with E-state index in [1.54, 1.807) is 7.05 Å². The van der Waals surface area contributed by atoms with E-state index in [2.05, 4.69) is 27.9 Å². The number of halogens is 1. The normalized spacial score (nSPS) is 9.46. The number of hydrogen-bond donors (Lipinski definition) is 2. The van der Waals surface area contributed by atoms with Crippen LogP contribution in [0.4, 0.5) is 5.69 Å². The highest BCUT2D eigenvalue weighted by atomic mass is 127. The summed E-state index contributed by atoms with van der Waals surface area (Å²) in [6.07, 6.45) is 0. The van der Waals surface area contributed by atoms with Gasteiger partial charge in [0.2, 0.25) is 0 Å². The molecule has 5 heteroatoms. The largest absolute Gasteiger partial charge is 0.332 e. The summed E-state index contributed by atoms with van der Waals surface area (Å²) in [4.78, 5) is 0. The summed E-state index contributed by atoms with van der Waals surface area (Å²) >= 11 is 7.23. The summed E-state index contributed by atoms with van der Waals surface area (Å²) in [5.74, 6) is 5.45. The first-order valence-corrected chi connectivity index (χ1v) is 5.13. The Bertz CT molecular complexity index is 314. The third-order valence-electron chi connectivity index (χ3n) is 1.40. The summed E-state index contributed by atoms with van der Waals surface area (Å²) in [6, 6.07) is 7.92. The standard InChI is InChI=1S/C8H10IN3S/c1-12(10)8(13)11-7-4-2-3-6(9)5-7/h2-5H,10H2,1H3,(H,11,13). The molecule has 3 N–H and O–H groups in total. The van der Waals surface area contributed by atoms with E-state index in [1.807, 2.05) is 24.3 Å². The van der Waals surface area contributed by atoms with Crippen molar-refractivity contribution >= 4 is 45.6 Å². The number of thiocarbonyl (C=S) groups is 1. The molecule has 0 bridgehead atoms. The molecule has 0 fully saturated rings. The van der Waals surface area contributed by atoms with Gasteiger partial charge in [-0.1, -0.05) is 6.07 Å². The van der Waals surface area contributed by atoms with E-state index in [1.165, 1.54) is 5.01 Å². The Morgan fingerprint density at radius 3 is 2.85 bits per heavy atom. The molecule has 70 valence electrons. The topological polar surface area (TPSA) is 41.3 Å². The lowest BCUT2D eigenvalue weighted by Gasteiger charge is -2.14. The fraction of sp³-hybridized carbons (Fsp3) is 0.125. The first kappa shape index (κ1) is 10.7. The minimum absolute atomic E-state index is 0.502. The summed E-state index contributed by atoms with van der Waals surface area (Å²) < 4.78 is 1.16. The van der Waals surface area contributed by atoms with Gasteiger partial charge in [-0.2, -0.15) is 0 Å². The Morgan fingerprint density at radius 2 is 2.31 bits per heavy atom. The molecular weight excluding hydrogens is 297 g/mol. The molecule has 0 aliphatic rings. The monoisotopic (exact) mass is 307 g/mol. The first-order valence-electron chi connectivity index (χ1n) is 3.64. The summed E-state index contributed by atoms with van der Waals surface area (Å²) in [7, 11) is 1.70. The van der Waals surface area contributed by atoms with Gasteiger partial charge >= 0.3 is 0 Å². The van der Waals surface area contributed by atoms with Gasteiger partial charge in [0.15, 0.2) is 5.11 Å². The quantitative estimate of drug-likeness (QED) is 0.359. The second-order valence-corrected chi connectivity index (χ2v) is 4.18. The fourth-order valence-corrected chi connectivity index (χ4v) is 1.44. The van der Waals surface area contributed by atoms with Gasteiger partial charge < -0.3 is 5.32 Å². The maximum absolute atomic E-state index is 5.45. The lowest BCUT2D eigenvalue weighted by Crippen LogP contribution is -2.36. The second kappa shape index (κ2) is 4.73. The highest BCUT2D eigenvalue weighted by Gasteiger charge is 1.99. The van der Waals surface area contributed by atoms with Crippen LogP contribution in [0.25, 0.3) is 0 Å². The number of nitrogens with zero attached hydrogens (tertiary/aromatic N) is 1. The van der Waals surface area contributed by atoms with E-state index in [0.29, 0.717) is 5.11 Å². The minimum atomic E-state index is 0.502. The van der Waals surface area contributed by atoms with Crippen molar-refractivity contribution in [1.82, 2.24) is 5.01 Å². The molecule has 3 nitrogen and oxygen atoms in total. The summed E-state index contributed by atoms with van der Waals surface area (Å²) in [5, 5.41) is 4.88. The van der Waals surface area contributed by atoms with Crippen molar-refractivity contribution in [3.63, 3.8) is 0 Å². The number of nitrogens with one attached hydrogen (secondary N) is 1. The fourth-order valence-electron chi connectivity index (χ4n) is 0.778. The van der Waals surface area contributed by atoms with Crippen LogP contribution in [0.3, 0.4) is 0 Å². The van der Waals surface area contributed by atoms with Gasteiger partial charge in [-0.15, -0.1) is 0 Å². The van der Waals surface area contributed by atoms with Gasteiger partial charge in [-0.3, -0.25) is 5.01 Å². The number of rotatable bonds is 1. The molecule has 0 saturated carbocycles. The summed E-state index contributed by atoms with van der Waals surface area (Å²) in [6.45, 7) is 0. The highest BCUT2D eigenvalue weighted by Crippen LogP contribution is 2.12. The smallest absolute Gasteiger partial charge is 0.187 e. The van der Waals surface area contributed by atoms with Crippen LogP contribution in [0.2, 0.25) is 0 Å². The molecule has 13 heavy (non-hydrogen) atoms. The molecule has 0 spiro atoms. The molecule has 0 aromatic heterocycles. The van der Waals surface area contributed by atoms with Gasteiger partial charge in [0.05, 0.1) is 0 Å². The van der Waals surface area contributed by atoms with Crippen LogP contribution in [0.1, 0.15) is 0 Å². The van der Waals surface area contributed by atoms with E-state index in [9.17, 15) is 0 Å². The zero-order valence-electron chi connectivity index (χ0n) is 7.12. The van der Waals surface area contributed by atoms with E-state index in [4.69, 9.17) is 18.1 Å². The Morgan fingerprint density at radius 1 is 1.62 bits per heavy atom. The van der Waals surface area contributed by atoms with E-state index >= 15 is 0 Å². The highest BCUT2D eigenvalue weighted by molar-refractivity contribution is 14.1. The maximum atomic E-state index is 5.45. The predicted octanol–water partition coefficient (Wildman–Crippen LogP) is 1.79. The first-order chi connectivity index (χ1) is 6.09. The van der Waals surface area contributed by atoms with E-state index in [-0.39, 0.29) is 0 Å². The van der Waals surface area contributed by atoms with Crippen molar-refractivity contribution in [3.05, 3.63) is 27.8 Å². The van der Waals surface area contributed by atoms with Crippen LogP contribution in [-0.4, -0.2) is 17.2 Å². The van der Waals surface area contributed by atoms with Gasteiger partial charge in [0.25, 0.3) is 0 Å². The lowest BCUT2D eigenvalue weighted by molar-refractivity contribution is 0.548. The molecule has 1 aromatic carbocycles. The van der Waals surface area contributed by atoms with Crippen molar-refractivity contribution in [2.75, 3.05) is 12.4 Å². The van der Waals surface area contributed by atoms with Gasteiger partial charge in [-0.25, -0.2) is 5.84 Å². The SMILES string of the molecule is CN(N)C(=S)Nc1cccc(I)c1. The number of hydrazine groups is 1. The third-order valence-corrected chi connectivity index (χ3v) is 2.46. The molecule has 0 saturated heterocycles. The average molecular weight is 307 g/mol. The minimum Gasteiger partial charge on any atom is -0.332 e. The molecule has 1 aromatic rings. The number of anilines is 1. The van der Waals surface area contributed by atoms with Crippen molar-refractivity contribution in [3.8, 4) is 0 Å². The molecule has 0 radical (unpaired) electrons. The Labute approximate surface area is 96.4 Å². The van der Waals surface area contributed by atoms with Crippen molar-refractivity contribution in [1.29, 1.82) is 0 Å². The van der Waals surface area contributed by atoms with Crippen molar-refractivity contribution in [2.24, 2.45) is 5.84 Å².